The molecular formula is C17H20N2O4. The maximum atomic E-state index is 12.3. The van der Waals surface area contributed by atoms with Crippen LogP contribution in [0.25, 0.3) is 0 Å². The summed E-state index contributed by atoms with van der Waals surface area (Å²) in [4.78, 5) is 16.3. The van der Waals surface area contributed by atoms with Crippen LogP contribution in [0.2, 0.25) is 0 Å². The standard InChI is InChI=1S/C17H20N2O4/c1-11(13-7-14(22-2)9-15(8-13)23-3)19-17(21)16-6-12(10-20)4-5-18-16/h4-9,11,20H,10H2,1-3H3,(H,19,21). The van der Waals surface area contributed by atoms with Gasteiger partial charge in [-0.15, -0.1) is 0 Å². The molecule has 1 atom stereocenters. The second-order valence-corrected chi connectivity index (χ2v) is 5.05. The maximum absolute atomic E-state index is 12.3. The monoisotopic (exact) mass is 316 g/mol. The van der Waals surface area contributed by atoms with Crippen LogP contribution in [0.3, 0.4) is 0 Å². The Balaban J connectivity index is 2.17. The molecule has 2 N–H and O–H groups in total. The third-order valence-electron chi connectivity index (χ3n) is 3.46. The number of hydrogen-bond acceptors (Lipinski definition) is 5. The fourth-order valence-corrected chi connectivity index (χ4v) is 2.13. The SMILES string of the molecule is COc1cc(OC)cc(C(C)NC(=O)c2cc(CO)ccn2)c1. The second kappa shape index (κ2) is 7.60. The quantitative estimate of drug-likeness (QED) is 0.853. The molecule has 0 radical (unpaired) electrons. The van der Waals surface area contributed by atoms with Crippen LogP contribution in [-0.4, -0.2) is 30.2 Å². The number of methoxy groups -OCH3 is 2. The molecule has 0 aliphatic carbocycles. The lowest BCUT2D eigenvalue weighted by Gasteiger charge is -2.16. The van der Waals surface area contributed by atoms with Crippen LogP contribution in [0.15, 0.2) is 36.5 Å². The van der Waals surface area contributed by atoms with E-state index in [9.17, 15) is 4.79 Å². The Morgan fingerprint density at radius 1 is 1.22 bits per heavy atom. The van der Waals surface area contributed by atoms with E-state index in [1.807, 2.05) is 19.1 Å². The van der Waals surface area contributed by atoms with Crippen LogP contribution in [0.4, 0.5) is 0 Å². The molecular weight excluding hydrogens is 296 g/mol. The number of ether oxygens (including phenoxy) is 2. The van der Waals surface area contributed by atoms with Gasteiger partial charge in [0.15, 0.2) is 0 Å². The number of hydrogen-bond donors (Lipinski definition) is 2. The molecule has 2 aromatic rings. The van der Waals surface area contributed by atoms with Gasteiger partial charge in [0, 0.05) is 12.3 Å². The topological polar surface area (TPSA) is 80.7 Å². The summed E-state index contributed by atoms with van der Waals surface area (Å²) in [5.41, 5.74) is 1.76. The van der Waals surface area contributed by atoms with Crippen molar-refractivity contribution in [2.75, 3.05) is 14.2 Å². The summed E-state index contributed by atoms with van der Waals surface area (Å²) in [6, 6.07) is 8.41. The molecule has 0 fully saturated rings. The van der Waals surface area contributed by atoms with E-state index in [1.54, 1.807) is 32.4 Å². The summed E-state index contributed by atoms with van der Waals surface area (Å²) >= 11 is 0. The molecule has 0 aliphatic heterocycles. The number of nitrogens with one attached hydrogen (secondary N) is 1. The van der Waals surface area contributed by atoms with E-state index >= 15 is 0 Å². The number of benzene rings is 1. The van der Waals surface area contributed by atoms with Gasteiger partial charge in [-0.3, -0.25) is 9.78 Å². The molecule has 1 aromatic heterocycles. The first-order valence-corrected chi connectivity index (χ1v) is 7.17. The first kappa shape index (κ1) is 16.8. The number of amides is 1. The van der Waals surface area contributed by atoms with Gasteiger partial charge in [-0.2, -0.15) is 0 Å². The van der Waals surface area contributed by atoms with Gasteiger partial charge in [0.1, 0.15) is 17.2 Å². The summed E-state index contributed by atoms with van der Waals surface area (Å²) in [7, 11) is 3.15. The van der Waals surface area contributed by atoms with Gasteiger partial charge in [-0.1, -0.05) is 0 Å². The highest BCUT2D eigenvalue weighted by atomic mass is 16.5. The van der Waals surface area contributed by atoms with E-state index in [4.69, 9.17) is 14.6 Å². The lowest BCUT2D eigenvalue weighted by molar-refractivity contribution is 0.0934. The van der Waals surface area contributed by atoms with Crippen molar-refractivity contribution in [1.82, 2.24) is 10.3 Å². The second-order valence-electron chi connectivity index (χ2n) is 5.05. The van der Waals surface area contributed by atoms with E-state index in [0.717, 1.165) is 5.56 Å². The van der Waals surface area contributed by atoms with E-state index in [-0.39, 0.29) is 24.2 Å². The smallest absolute Gasteiger partial charge is 0.270 e. The number of rotatable bonds is 6. The third kappa shape index (κ3) is 4.20. The summed E-state index contributed by atoms with van der Waals surface area (Å²) in [6.07, 6.45) is 1.50. The Morgan fingerprint density at radius 3 is 2.43 bits per heavy atom. The van der Waals surface area contributed by atoms with Gasteiger partial charge in [0.25, 0.3) is 5.91 Å². The van der Waals surface area contributed by atoms with E-state index in [1.165, 1.54) is 6.20 Å². The van der Waals surface area contributed by atoms with Gasteiger partial charge in [0.2, 0.25) is 0 Å². The number of pyridine rings is 1. The molecule has 0 saturated heterocycles. The first-order valence-electron chi connectivity index (χ1n) is 7.17. The molecule has 122 valence electrons. The fourth-order valence-electron chi connectivity index (χ4n) is 2.13. The largest absolute Gasteiger partial charge is 0.497 e. The van der Waals surface area contributed by atoms with Gasteiger partial charge in [0.05, 0.1) is 26.9 Å². The van der Waals surface area contributed by atoms with Crippen molar-refractivity contribution in [2.45, 2.75) is 19.6 Å². The molecule has 1 heterocycles. The van der Waals surface area contributed by atoms with Crippen LogP contribution in [0.1, 0.15) is 34.6 Å². The van der Waals surface area contributed by atoms with E-state index in [0.29, 0.717) is 17.1 Å². The summed E-state index contributed by atoms with van der Waals surface area (Å²) in [6.45, 7) is 1.73. The Labute approximate surface area is 135 Å². The van der Waals surface area contributed by atoms with Gasteiger partial charge < -0.3 is 19.9 Å². The van der Waals surface area contributed by atoms with Gasteiger partial charge >= 0.3 is 0 Å². The maximum Gasteiger partial charge on any atom is 0.270 e. The van der Waals surface area contributed by atoms with Crippen molar-refractivity contribution in [3.8, 4) is 11.5 Å². The third-order valence-corrected chi connectivity index (χ3v) is 3.46. The minimum Gasteiger partial charge on any atom is -0.497 e. The molecule has 6 nitrogen and oxygen atoms in total. The Bertz CT molecular complexity index is 666. The van der Waals surface area contributed by atoms with Crippen molar-refractivity contribution in [3.05, 3.63) is 53.3 Å². The minimum absolute atomic E-state index is 0.133. The van der Waals surface area contributed by atoms with E-state index in [2.05, 4.69) is 10.3 Å². The summed E-state index contributed by atoms with van der Waals surface area (Å²) < 4.78 is 10.5. The summed E-state index contributed by atoms with van der Waals surface area (Å²) in [5, 5.41) is 12.0. The molecule has 0 saturated carbocycles. The zero-order valence-corrected chi connectivity index (χ0v) is 13.4. The Morgan fingerprint density at radius 2 is 1.87 bits per heavy atom. The predicted octanol–water partition coefficient (Wildman–Crippen LogP) is 2.08. The van der Waals surface area contributed by atoms with Crippen molar-refractivity contribution in [3.63, 3.8) is 0 Å². The average molecular weight is 316 g/mol. The van der Waals surface area contributed by atoms with Crippen molar-refractivity contribution in [1.29, 1.82) is 0 Å². The highest BCUT2D eigenvalue weighted by Gasteiger charge is 2.14. The van der Waals surface area contributed by atoms with Crippen LogP contribution in [0, 0.1) is 0 Å². The average Bonchev–Trinajstić information content (AvgIpc) is 2.60. The minimum atomic E-state index is -0.311. The molecule has 1 unspecified atom stereocenters. The molecule has 0 aliphatic rings. The molecule has 1 aromatic carbocycles. The molecule has 6 heteroatoms. The molecule has 0 spiro atoms. The number of aromatic nitrogens is 1. The number of aliphatic hydroxyl groups is 1. The van der Waals surface area contributed by atoms with Crippen molar-refractivity contribution >= 4 is 5.91 Å². The summed E-state index contributed by atoms with van der Waals surface area (Å²) in [5.74, 6) is 0.997. The van der Waals surface area contributed by atoms with E-state index < -0.39 is 0 Å². The first-order chi connectivity index (χ1) is 11.1. The van der Waals surface area contributed by atoms with Crippen molar-refractivity contribution < 1.29 is 19.4 Å². The van der Waals surface area contributed by atoms with Crippen LogP contribution >= 0.6 is 0 Å². The van der Waals surface area contributed by atoms with Crippen LogP contribution in [0.5, 0.6) is 11.5 Å². The van der Waals surface area contributed by atoms with Crippen molar-refractivity contribution in [2.24, 2.45) is 0 Å². The van der Waals surface area contributed by atoms with Gasteiger partial charge in [-0.25, -0.2) is 0 Å². The van der Waals surface area contributed by atoms with Gasteiger partial charge in [-0.05, 0) is 42.3 Å². The van der Waals surface area contributed by atoms with Crippen LogP contribution < -0.4 is 14.8 Å². The number of carbonyl (C=O) groups excluding carboxylic acids is 1. The highest BCUT2D eigenvalue weighted by molar-refractivity contribution is 5.92. The fraction of sp³-hybridized carbons (Fsp3) is 0.294. The molecule has 0 bridgehead atoms. The van der Waals surface area contributed by atoms with Crippen LogP contribution in [-0.2, 0) is 6.61 Å². The zero-order chi connectivity index (χ0) is 16.8. The Hall–Kier alpha value is -2.60. The molecule has 1 amide bonds. The number of carbonyl (C=O) groups is 1. The zero-order valence-electron chi connectivity index (χ0n) is 13.4. The normalized spacial score (nSPS) is 11.7. The Kier molecular flexibility index (Phi) is 5.54. The predicted molar refractivity (Wildman–Crippen MR) is 85.6 cm³/mol. The lowest BCUT2D eigenvalue weighted by atomic mass is 10.1. The lowest BCUT2D eigenvalue weighted by Crippen LogP contribution is -2.27. The highest BCUT2D eigenvalue weighted by Crippen LogP contribution is 2.26. The molecule has 23 heavy (non-hydrogen) atoms. The number of aliphatic hydroxyl groups excluding tert-OH is 1. The molecule has 2 rings (SSSR count). The number of nitrogens with zero attached hydrogens (tertiary/aromatic N) is 1.